The van der Waals surface area contributed by atoms with Crippen LogP contribution >= 0.6 is 0 Å². The molecule has 9 rings (SSSR count). The summed E-state index contributed by atoms with van der Waals surface area (Å²) in [7, 11) is 0. The maximum absolute atomic E-state index is 5.50. The fraction of sp³-hybridized carbons (Fsp3) is 0.342. The maximum atomic E-state index is 5.50. The lowest BCUT2D eigenvalue weighted by Gasteiger charge is -2.19. The third-order valence-electron chi connectivity index (χ3n) is 12.8. The molecule has 0 unspecified atom stereocenters. The Morgan fingerprint density at radius 1 is 0.566 bits per heavy atom. The van der Waals surface area contributed by atoms with Crippen molar-refractivity contribution in [3.63, 3.8) is 0 Å². The van der Waals surface area contributed by atoms with E-state index in [-0.39, 0.29) is 5.41 Å². The largest absolute Gasteiger partial charge is 0.494 e. The Hall–Kier alpha value is -6.84. The molecule has 2 aliphatic rings. The van der Waals surface area contributed by atoms with Crippen molar-refractivity contribution in [2.45, 2.75) is 148 Å². The highest BCUT2D eigenvalue weighted by atomic mass is 16.7. The summed E-state index contributed by atoms with van der Waals surface area (Å²) in [6.07, 6.45) is 12.6. The van der Waals surface area contributed by atoms with E-state index in [0.717, 1.165) is 36.2 Å². The molecular formula is C73H96O3. The van der Waals surface area contributed by atoms with Gasteiger partial charge < -0.3 is 14.2 Å². The third-order valence-corrected chi connectivity index (χ3v) is 12.8. The summed E-state index contributed by atoms with van der Waals surface area (Å²) in [4.78, 5) is 0. The van der Waals surface area contributed by atoms with Crippen molar-refractivity contribution in [3.8, 4) is 17.2 Å². The van der Waals surface area contributed by atoms with Crippen molar-refractivity contribution in [3.05, 3.63) is 261 Å². The van der Waals surface area contributed by atoms with Crippen LogP contribution in [0.1, 0.15) is 142 Å². The number of hydrogen-bond acceptors (Lipinski definition) is 3. The minimum absolute atomic E-state index is 0.285. The van der Waals surface area contributed by atoms with Gasteiger partial charge in [-0.1, -0.05) is 238 Å². The van der Waals surface area contributed by atoms with Crippen LogP contribution in [0, 0.1) is 68.2 Å². The summed E-state index contributed by atoms with van der Waals surface area (Å²) < 4.78 is 15.8. The molecule has 0 aromatic heterocycles. The van der Waals surface area contributed by atoms with Crippen LogP contribution in [0.5, 0.6) is 17.2 Å². The molecule has 0 fully saturated rings. The second-order valence-electron chi connectivity index (χ2n) is 21.1. The van der Waals surface area contributed by atoms with E-state index < -0.39 is 0 Å². The molecule has 3 heteroatoms. The number of ether oxygens (including phenoxy) is 3. The minimum atomic E-state index is 0.285. The normalized spacial score (nSPS) is 12.6. The van der Waals surface area contributed by atoms with Gasteiger partial charge in [0.15, 0.2) is 11.5 Å². The van der Waals surface area contributed by atoms with Crippen molar-refractivity contribution in [1.82, 2.24) is 0 Å². The summed E-state index contributed by atoms with van der Waals surface area (Å²) in [5.74, 6) is 3.46. The molecule has 0 spiro atoms. The van der Waals surface area contributed by atoms with E-state index in [1.54, 1.807) is 5.57 Å². The average molecular weight is 1020 g/mol. The Morgan fingerprint density at radius 3 is 1.51 bits per heavy atom. The highest BCUT2D eigenvalue weighted by Gasteiger charge is 2.13. The SMILES string of the molecule is C/C=C/c1ccccc1.C=C(C)[C@@H]1CC=C(C)CC1.CCCCOc1ccc(C)cc1.Cc1ccc(C(C)(C)C)cc1.Cc1ccc(C)c(C)c1.Cc1ccc2c(c1)OCO2.Cc1ccccc1.Cc1ccccc1C. The molecule has 406 valence electrons. The van der Waals surface area contributed by atoms with Gasteiger partial charge in [0.05, 0.1) is 6.61 Å². The average Bonchev–Trinajstić information content (AvgIpc) is 3.87. The van der Waals surface area contributed by atoms with Gasteiger partial charge >= 0.3 is 0 Å². The van der Waals surface area contributed by atoms with Gasteiger partial charge in [-0.2, -0.15) is 0 Å². The van der Waals surface area contributed by atoms with Crippen LogP contribution in [-0.4, -0.2) is 13.4 Å². The second kappa shape index (κ2) is 37.0. The zero-order chi connectivity index (χ0) is 56.3. The van der Waals surface area contributed by atoms with Gasteiger partial charge in [0.25, 0.3) is 0 Å². The molecule has 76 heavy (non-hydrogen) atoms. The fourth-order valence-electron chi connectivity index (χ4n) is 7.28. The fourth-order valence-corrected chi connectivity index (χ4v) is 7.28. The van der Waals surface area contributed by atoms with Crippen molar-refractivity contribution in [2.75, 3.05) is 13.4 Å². The number of benzene rings is 7. The van der Waals surface area contributed by atoms with Gasteiger partial charge in [0.2, 0.25) is 6.79 Å². The van der Waals surface area contributed by atoms with Crippen LogP contribution in [0.3, 0.4) is 0 Å². The Bertz CT molecular complexity index is 2680. The van der Waals surface area contributed by atoms with Crippen LogP contribution in [0.4, 0.5) is 0 Å². The zero-order valence-corrected chi connectivity index (χ0v) is 49.9. The van der Waals surface area contributed by atoms with E-state index >= 15 is 0 Å². The van der Waals surface area contributed by atoms with Crippen LogP contribution < -0.4 is 14.2 Å². The number of fused-ring (bicyclic) bond motifs is 1. The summed E-state index contributed by atoms with van der Waals surface area (Å²) in [5.41, 5.74) is 17.8. The van der Waals surface area contributed by atoms with E-state index in [4.69, 9.17) is 14.2 Å². The van der Waals surface area contributed by atoms with Gasteiger partial charge in [0, 0.05) is 0 Å². The molecule has 0 saturated carbocycles. The third kappa shape index (κ3) is 29.3. The van der Waals surface area contributed by atoms with Crippen LogP contribution in [-0.2, 0) is 5.41 Å². The second-order valence-corrected chi connectivity index (χ2v) is 21.1. The lowest BCUT2D eigenvalue weighted by Crippen LogP contribution is -2.10. The maximum Gasteiger partial charge on any atom is 0.231 e. The number of unbranched alkanes of at least 4 members (excludes halogenated alkanes) is 1. The first-order valence-corrected chi connectivity index (χ1v) is 27.4. The lowest BCUT2D eigenvalue weighted by atomic mass is 9.86. The first-order valence-electron chi connectivity index (χ1n) is 27.4. The van der Waals surface area contributed by atoms with Gasteiger partial charge in [0.1, 0.15) is 5.75 Å². The highest BCUT2D eigenvalue weighted by molar-refractivity contribution is 5.48. The van der Waals surface area contributed by atoms with E-state index in [0.29, 0.717) is 6.79 Å². The molecule has 3 nitrogen and oxygen atoms in total. The molecular weight excluding hydrogens is 925 g/mol. The first-order chi connectivity index (χ1) is 36.2. The van der Waals surface area contributed by atoms with Crippen molar-refractivity contribution in [2.24, 2.45) is 5.92 Å². The van der Waals surface area contributed by atoms with Gasteiger partial charge in [-0.3, -0.25) is 0 Å². The lowest BCUT2D eigenvalue weighted by molar-refractivity contribution is 0.174. The van der Waals surface area contributed by atoms with Crippen LogP contribution in [0.2, 0.25) is 0 Å². The molecule has 7 aromatic rings. The molecule has 1 aliphatic carbocycles. The predicted molar refractivity (Wildman–Crippen MR) is 334 cm³/mol. The first kappa shape index (κ1) is 65.3. The van der Waals surface area contributed by atoms with E-state index in [2.05, 4.69) is 219 Å². The molecule has 1 aliphatic heterocycles. The summed E-state index contributed by atoms with van der Waals surface area (Å²) in [6.45, 7) is 39.4. The monoisotopic (exact) mass is 1020 g/mol. The topological polar surface area (TPSA) is 27.7 Å². The highest BCUT2D eigenvalue weighted by Crippen LogP contribution is 2.32. The Labute approximate surface area is 463 Å². The zero-order valence-electron chi connectivity index (χ0n) is 49.9. The Morgan fingerprint density at radius 2 is 1.05 bits per heavy atom. The summed E-state index contributed by atoms with van der Waals surface area (Å²) in [5, 5.41) is 0. The molecule has 7 aromatic carbocycles. The number of rotatable bonds is 6. The molecule has 0 saturated heterocycles. The number of hydrogen-bond donors (Lipinski definition) is 0. The number of aryl methyl sites for hydroxylation is 9. The Balaban J connectivity index is 0.000000298. The Kier molecular flexibility index (Phi) is 31.8. The molecule has 0 radical (unpaired) electrons. The molecule has 1 atom stereocenters. The van der Waals surface area contributed by atoms with Crippen molar-refractivity contribution < 1.29 is 14.2 Å². The minimum Gasteiger partial charge on any atom is -0.494 e. The standard InChI is InChI=1S/C11H16O.C11H16.C10H16.C9H12.C9H10.C8H8O2.C8H10.C7H8/c1-3-4-9-12-11-7-5-10(2)6-8-11;1-9-5-7-10(8-6-9)11(2,3)4;1-8(2)10-6-4-9(3)5-7-10;1-7-4-5-8(2)9(3)6-7;1-2-6-9-7-4-3-5-8-9;1-6-2-3-7-8(4-6)10-5-9-7;1-7-5-3-4-6-8(7)2;1-7-5-3-2-4-6-7/h5-8H,3-4,9H2,1-2H3;5-8H,1-4H3;4,10H,1,5-7H2,2-3H3;4-6H,1-3H3;2-8H,1H3;2-4H,5H2,1H3;3-6H,1-2H3;2-6H,1H3/b;;;;6-2+;;;/t;;10-;;;;;/m..1...../s1. The van der Waals surface area contributed by atoms with Gasteiger partial charge in [-0.05, 0) is 183 Å². The van der Waals surface area contributed by atoms with E-state index in [1.165, 1.54) is 92.5 Å². The van der Waals surface area contributed by atoms with Crippen LogP contribution in [0.15, 0.2) is 200 Å². The summed E-state index contributed by atoms with van der Waals surface area (Å²) >= 11 is 0. The quantitative estimate of drug-likeness (QED) is 0.123. The van der Waals surface area contributed by atoms with Gasteiger partial charge in [-0.25, -0.2) is 0 Å². The van der Waals surface area contributed by atoms with Gasteiger partial charge in [-0.15, -0.1) is 0 Å². The predicted octanol–water partition coefficient (Wildman–Crippen LogP) is 21.1. The van der Waals surface area contributed by atoms with E-state index in [9.17, 15) is 0 Å². The smallest absolute Gasteiger partial charge is 0.231 e. The van der Waals surface area contributed by atoms with E-state index in [1.807, 2.05) is 86.7 Å². The van der Waals surface area contributed by atoms with Crippen LogP contribution in [0.25, 0.3) is 6.08 Å². The molecule has 0 N–H and O–H groups in total. The number of allylic oxidation sites excluding steroid dienone is 4. The van der Waals surface area contributed by atoms with Crippen molar-refractivity contribution in [1.29, 1.82) is 0 Å². The molecule has 0 bridgehead atoms. The van der Waals surface area contributed by atoms with Crippen molar-refractivity contribution >= 4 is 6.08 Å². The summed E-state index contributed by atoms with van der Waals surface area (Å²) in [6, 6.07) is 58.2. The molecule has 1 heterocycles. The molecule has 0 amide bonds.